The summed E-state index contributed by atoms with van der Waals surface area (Å²) in [6, 6.07) is 11.1. The number of aromatic nitrogens is 4. The molecule has 1 aliphatic rings. The molecule has 2 N–H and O–H groups in total. The second-order valence-corrected chi connectivity index (χ2v) is 7.71. The highest BCUT2D eigenvalue weighted by Crippen LogP contribution is 2.32. The minimum atomic E-state index is -0.834. The number of carbonyl (C=O) groups is 2. The zero-order valence-corrected chi connectivity index (χ0v) is 17.4. The summed E-state index contributed by atoms with van der Waals surface area (Å²) < 4.78 is 21.6. The summed E-state index contributed by atoms with van der Waals surface area (Å²) in [6.45, 7) is 0.884. The van der Waals surface area contributed by atoms with Crippen LogP contribution >= 0.6 is 0 Å². The van der Waals surface area contributed by atoms with Crippen LogP contribution in [0.2, 0.25) is 0 Å². The lowest BCUT2D eigenvalue weighted by Crippen LogP contribution is -2.34. The van der Waals surface area contributed by atoms with E-state index in [2.05, 4.69) is 25.6 Å². The molecule has 0 aliphatic heterocycles. The molecule has 0 atom stereocenters. The minimum Gasteiger partial charge on any atom is -0.437 e. The average molecular weight is 446 g/mol. The second kappa shape index (κ2) is 8.65. The van der Waals surface area contributed by atoms with Crippen LogP contribution in [0.15, 0.2) is 61.2 Å². The van der Waals surface area contributed by atoms with Crippen molar-refractivity contribution in [2.45, 2.75) is 19.4 Å². The Labute approximate surface area is 187 Å². The molecule has 10 heteroatoms. The maximum Gasteiger partial charge on any atom is 0.326 e. The number of imide groups is 1. The number of ether oxygens (including phenoxy) is 1. The number of carbonyl (C=O) groups excluding carboxylic acids is 2. The number of urea groups is 1. The van der Waals surface area contributed by atoms with Crippen LogP contribution in [-0.4, -0.2) is 31.5 Å². The Hall–Kier alpha value is -4.34. The summed E-state index contributed by atoms with van der Waals surface area (Å²) in [5.41, 5.74) is 1.50. The quantitative estimate of drug-likeness (QED) is 0.461. The number of imidazole rings is 1. The predicted octanol–water partition coefficient (Wildman–Crippen LogP) is 4.13. The highest BCUT2D eigenvalue weighted by molar-refractivity contribution is 6.08. The zero-order valence-electron chi connectivity index (χ0n) is 17.4. The normalized spacial score (nSPS) is 13.0. The van der Waals surface area contributed by atoms with Crippen LogP contribution in [0.1, 0.15) is 23.2 Å². The molecule has 9 nitrogen and oxygen atoms in total. The molecule has 166 valence electrons. The van der Waals surface area contributed by atoms with E-state index in [1.165, 1.54) is 37.4 Å². The van der Waals surface area contributed by atoms with E-state index in [1.54, 1.807) is 30.6 Å². The van der Waals surface area contributed by atoms with Gasteiger partial charge in [-0.3, -0.25) is 10.1 Å². The zero-order chi connectivity index (χ0) is 22.8. The van der Waals surface area contributed by atoms with Gasteiger partial charge in [-0.15, -0.1) is 0 Å². The van der Waals surface area contributed by atoms with E-state index >= 15 is 0 Å². The van der Waals surface area contributed by atoms with Gasteiger partial charge < -0.3 is 14.6 Å². The van der Waals surface area contributed by atoms with Gasteiger partial charge in [0.15, 0.2) is 11.2 Å². The molecule has 0 bridgehead atoms. The van der Waals surface area contributed by atoms with E-state index in [4.69, 9.17) is 4.74 Å². The smallest absolute Gasteiger partial charge is 0.326 e. The monoisotopic (exact) mass is 446 g/mol. The summed E-state index contributed by atoms with van der Waals surface area (Å²) >= 11 is 0. The number of benzene rings is 2. The van der Waals surface area contributed by atoms with Crippen molar-refractivity contribution in [3.05, 3.63) is 72.6 Å². The van der Waals surface area contributed by atoms with Gasteiger partial charge in [0.05, 0.1) is 11.9 Å². The van der Waals surface area contributed by atoms with Crippen LogP contribution in [0, 0.1) is 11.7 Å². The molecule has 5 rings (SSSR count). The summed E-state index contributed by atoms with van der Waals surface area (Å²) in [4.78, 5) is 37.1. The molecular weight excluding hydrogens is 427 g/mol. The summed E-state index contributed by atoms with van der Waals surface area (Å²) in [5.74, 6) is -0.0374. The molecule has 0 unspecified atom stereocenters. The van der Waals surface area contributed by atoms with Crippen molar-refractivity contribution in [1.29, 1.82) is 0 Å². The molecule has 1 fully saturated rings. The Morgan fingerprint density at radius 3 is 2.61 bits per heavy atom. The first-order valence-corrected chi connectivity index (χ1v) is 10.4. The molecule has 2 aromatic heterocycles. The first-order valence-electron chi connectivity index (χ1n) is 10.4. The third-order valence-corrected chi connectivity index (χ3v) is 5.19. The minimum absolute atomic E-state index is 0.216. The topological polar surface area (TPSA) is 111 Å². The number of hydrogen-bond acceptors (Lipinski definition) is 6. The number of rotatable bonds is 6. The fourth-order valence-corrected chi connectivity index (χ4v) is 3.34. The molecule has 1 aliphatic carbocycles. The second-order valence-electron chi connectivity index (χ2n) is 7.71. The summed E-state index contributed by atoms with van der Waals surface area (Å²) in [6.07, 6.45) is 5.64. The van der Waals surface area contributed by atoms with Crippen LogP contribution in [-0.2, 0) is 6.54 Å². The third kappa shape index (κ3) is 4.64. The highest BCUT2D eigenvalue weighted by atomic mass is 19.1. The molecule has 0 saturated heterocycles. The number of halogens is 1. The van der Waals surface area contributed by atoms with Gasteiger partial charge in [0, 0.05) is 12.2 Å². The van der Waals surface area contributed by atoms with Gasteiger partial charge in [-0.1, -0.05) is 12.1 Å². The van der Waals surface area contributed by atoms with E-state index in [0.717, 1.165) is 18.3 Å². The molecule has 1 saturated carbocycles. The lowest BCUT2D eigenvalue weighted by molar-refractivity contribution is 0.0963. The Balaban J connectivity index is 1.23. The van der Waals surface area contributed by atoms with Crippen molar-refractivity contribution in [2.75, 3.05) is 5.32 Å². The number of hydrogen-bond donors (Lipinski definition) is 2. The molecule has 4 aromatic rings. The standard InChI is InChI=1S/C23H19FN6O3/c24-18-4-2-1-3-17(18)21(31)29-23(32)28-15-7-9-16(10-8-15)33-22-19-20(25-12-26-22)30(13-27-19)11-14-5-6-14/h1-4,7-10,12-14H,5-6,11H2,(H2,28,29,31,32). The van der Waals surface area contributed by atoms with Gasteiger partial charge in [0.2, 0.25) is 0 Å². The Bertz CT molecular complexity index is 1330. The fraction of sp³-hybridized carbons (Fsp3) is 0.174. The molecule has 2 heterocycles. The lowest BCUT2D eigenvalue weighted by Gasteiger charge is -2.09. The maximum atomic E-state index is 13.7. The SMILES string of the molecule is O=C(NC(=O)c1ccccc1F)Nc1ccc(Oc2ncnc3c2ncn3CC2CC2)cc1. The lowest BCUT2D eigenvalue weighted by atomic mass is 10.2. The van der Waals surface area contributed by atoms with Gasteiger partial charge in [-0.25, -0.2) is 19.2 Å². The van der Waals surface area contributed by atoms with Crippen molar-refractivity contribution in [3.63, 3.8) is 0 Å². The molecule has 0 spiro atoms. The van der Waals surface area contributed by atoms with Crippen molar-refractivity contribution in [1.82, 2.24) is 24.8 Å². The van der Waals surface area contributed by atoms with Gasteiger partial charge in [0.1, 0.15) is 17.9 Å². The Morgan fingerprint density at radius 2 is 1.85 bits per heavy atom. The average Bonchev–Trinajstić information content (AvgIpc) is 3.53. The van der Waals surface area contributed by atoms with Gasteiger partial charge in [-0.2, -0.15) is 4.98 Å². The maximum absolute atomic E-state index is 13.7. The highest BCUT2D eigenvalue weighted by Gasteiger charge is 2.23. The number of nitrogens with zero attached hydrogens (tertiary/aromatic N) is 4. The fourth-order valence-electron chi connectivity index (χ4n) is 3.34. The third-order valence-electron chi connectivity index (χ3n) is 5.19. The van der Waals surface area contributed by atoms with Crippen molar-refractivity contribution >= 4 is 28.8 Å². The van der Waals surface area contributed by atoms with Crippen molar-refractivity contribution in [2.24, 2.45) is 5.92 Å². The summed E-state index contributed by atoms with van der Waals surface area (Å²) in [7, 11) is 0. The van der Waals surface area contributed by atoms with Crippen LogP contribution < -0.4 is 15.4 Å². The number of amides is 3. The van der Waals surface area contributed by atoms with Crippen LogP contribution in [0.3, 0.4) is 0 Å². The first kappa shape index (κ1) is 20.6. The Morgan fingerprint density at radius 1 is 1.06 bits per heavy atom. The van der Waals surface area contributed by atoms with Gasteiger partial charge in [-0.05, 0) is 55.2 Å². The number of anilines is 1. The first-order chi connectivity index (χ1) is 16.1. The largest absolute Gasteiger partial charge is 0.437 e. The van der Waals surface area contributed by atoms with Crippen molar-refractivity contribution < 1.29 is 18.7 Å². The van der Waals surface area contributed by atoms with Crippen LogP contribution in [0.4, 0.5) is 14.9 Å². The van der Waals surface area contributed by atoms with E-state index in [1.807, 2.05) is 4.57 Å². The number of nitrogens with one attached hydrogen (secondary N) is 2. The number of fused-ring (bicyclic) bond motifs is 1. The molecule has 2 aromatic carbocycles. The van der Waals surface area contributed by atoms with Crippen molar-refractivity contribution in [3.8, 4) is 11.6 Å². The van der Waals surface area contributed by atoms with Gasteiger partial charge >= 0.3 is 6.03 Å². The van der Waals surface area contributed by atoms with Crippen LogP contribution in [0.5, 0.6) is 11.6 Å². The predicted molar refractivity (Wildman–Crippen MR) is 117 cm³/mol. The van der Waals surface area contributed by atoms with E-state index in [-0.39, 0.29) is 5.56 Å². The van der Waals surface area contributed by atoms with E-state index in [9.17, 15) is 14.0 Å². The molecule has 33 heavy (non-hydrogen) atoms. The Kier molecular flexibility index (Phi) is 5.39. The van der Waals surface area contributed by atoms with E-state index < -0.39 is 17.8 Å². The molecular formula is C23H19FN6O3. The van der Waals surface area contributed by atoms with Gasteiger partial charge in [0.25, 0.3) is 11.8 Å². The summed E-state index contributed by atoms with van der Waals surface area (Å²) in [5, 5.41) is 4.61. The molecule has 0 radical (unpaired) electrons. The van der Waals surface area contributed by atoms with E-state index in [0.29, 0.717) is 28.8 Å². The molecule has 3 amide bonds. The van der Waals surface area contributed by atoms with Crippen LogP contribution in [0.25, 0.3) is 11.2 Å².